The lowest BCUT2D eigenvalue weighted by Gasteiger charge is -2.23. The van der Waals surface area contributed by atoms with Gasteiger partial charge in [0.05, 0.1) is 0 Å². The van der Waals surface area contributed by atoms with Gasteiger partial charge in [-0.15, -0.1) is 0 Å². The van der Waals surface area contributed by atoms with E-state index in [1.54, 1.807) is 36.6 Å². The molecule has 0 aromatic heterocycles. The molecule has 0 saturated carbocycles. The minimum atomic E-state index is -0.645. The van der Waals surface area contributed by atoms with Gasteiger partial charge in [-0.2, -0.15) is 0 Å². The van der Waals surface area contributed by atoms with Crippen LogP contribution in [0.4, 0.5) is 9.18 Å². The topological polar surface area (TPSA) is 79.0 Å². The van der Waals surface area contributed by atoms with Crippen LogP contribution in [0.5, 0.6) is 0 Å². The van der Waals surface area contributed by atoms with Crippen LogP contribution in [0.1, 0.15) is 37.6 Å². The molecule has 1 aromatic carbocycles. The first kappa shape index (κ1) is 20.7. The van der Waals surface area contributed by atoms with Gasteiger partial charge < -0.3 is 19.9 Å². The third-order valence-corrected chi connectivity index (χ3v) is 3.99. The van der Waals surface area contributed by atoms with Crippen molar-refractivity contribution in [1.29, 1.82) is 0 Å². The summed E-state index contributed by atoms with van der Waals surface area (Å²) in [6.07, 6.45) is -0.0345. The van der Waals surface area contributed by atoms with Gasteiger partial charge in [-0.1, -0.05) is 6.07 Å². The lowest BCUT2D eigenvalue weighted by molar-refractivity contribution is -0.130. The van der Waals surface area contributed by atoms with Crippen LogP contribution in [0.25, 0.3) is 0 Å². The Hall–Kier alpha value is -2.64. The molecular weight excluding hydrogens is 353 g/mol. The Labute approximate surface area is 158 Å². The maximum atomic E-state index is 13.3. The van der Waals surface area contributed by atoms with Gasteiger partial charge in [-0.05, 0) is 45.4 Å². The number of rotatable bonds is 3. The molecule has 0 radical (unpaired) electrons. The normalized spacial score (nSPS) is 15.1. The highest BCUT2D eigenvalue weighted by Gasteiger charge is 2.24. The highest BCUT2D eigenvalue weighted by molar-refractivity contribution is 5.94. The second kappa shape index (κ2) is 8.83. The van der Waals surface area contributed by atoms with Gasteiger partial charge in [0, 0.05) is 31.7 Å². The fraction of sp³-hybridized carbons (Fsp3) is 0.526. The van der Waals surface area contributed by atoms with Gasteiger partial charge in [0.25, 0.3) is 5.91 Å². The van der Waals surface area contributed by atoms with Crippen molar-refractivity contribution < 1.29 is 23.5 Å². The van der Waals surface area contributed by atoms with Crippen molar-refractivity contribution in [3.8, 4) is 0 Å². The molecule has 27 heavy (non-hydrogen) atoms. The molecule has 1 saturated heterocycles. The molecule has 0 unspecified atom stereocenters. The maximum absolute atomic E-state index is 13.3. The third kappa shape index (κ3) is 6.54. The molecule has 0 spiro atoms. The number of nitrogens with one attached hydrogen (secondary N) is 1. The lowest BCUT2D eigenvalue weighted by Crippen LogP contribution is -2.43. The zero-order chi connectivity index (χ0) is 20.0. The van der Waals surface area contributed by atoms with E-state index in [9.17, 15) is 18.8 Å². The average molecular weight is 379 g/mol. The summed E-state index contributed by atoms with van der Waals surface area (Å²) in [5.41, 5.74) is -0.339. The average Bonchev–Trinajstić information content (AvgIpc) is 2.83. The molecule has 1 heterocycles. The van der Waals surface area contributed by atoms with E-state index in [0.717, 1.165) is 0 Å². The predicted octanol–water partition coefficient (Wildman–Crippen LogP) is 2.02. The largest absolute Gasteiger partial charge is 0.444 e. The summed E-state index contributed by atoms with van der Waals surface area (Å²) in [6, 6.07) is 5.57. The van der Waals surface area contributed by atoms with Gasteiger partial charge in [-0.25, -0.2) is 9.18 Å². The number of nitrogens with zero attached hydrogens (tertiary/aromatic N) is 2. The molecule has 1 N–H and O–H groups in total. The van der Waals surface area contributed by atoms with Gasteiger partial charge in [0.15, 0.2) is 0 Å². The maximum Gasteiger partial charge on any atom is 0.408 e. The monoisotopic (exact) mass is 379 g/mol. The lowest BCUT2D eigenvalue weighted by atomic mass is 10.2. The number of benzene rings is 1. The van der Waals surface area contributed by atoms with Crippen LogP contribution in [0, 0.1) is 5.82 Å². The second-order valence-corrected chi connectivity index (χ2v) is 7.39. The minimum Gasteiger partial charge on any atom is -0.444 e. The highest BCUT2D eigenvalue weighted by Crippen LogP contribution is 2.11. The zero-order valence-corrected chi connectivity index (χ0v) is 16.0. The Morgan fingerprint density at radius 2 is 1.78 bits per heavy atom. The van der Waals surface area contributed by atoms with Crippen molar-refractivity contribution in [3.05, 3.63) is 35.6 Å². The number of hydrogen-bond acceptors (Lipinski definition) is 4. The van der Waals surface area contributed by atoms with Crippen LogP contribution in [-0.4, -0.2) is 66.0 Å². The van der Waals surface area contributed by atoms with Crippen LogP contribution < -0.4 is 5.32 Å². The van der Waals surface area contributed by atoms with Crippen molar-refractivity contribution in [2.75, 3.05) is 32.7 Å². The molecule has 0 aliphatic carbocycles. The Balaban J connectivity index is 1.86. The smallest absolute Gasteiger partial charge is 0.408 e. The Morgan fingerprint density at radius 3 is 2.44 bits per heavy atom. The summed E-state index contributed by atoms with van der Waals surface area (Å²) in [5, 5.41) is 2.45. The van der Waals surface area contributed by atoms with Crippen molar-refractivity contribution in [1.82, 2.24) is 15.1 Å². The van der Waals surface area contributed by atoms with Gasteiger partial charge in [0.2, 0.25) is 5.91 Å². The summed E-state index contributed by atoms with van der Waals surface area (Å²) in [6.45, 7) is 6.75. The zero-order valence-electron chi connectivity index (χ0n) is 16.0. The van der Waals surface area contributed by atoms with Crippen LogP contribution >= 0.6 is 0 Å². The molecule has 2 rings (SSSR count). The molecule has 0 bridgehead atoms. The SMILES string of the molecule is CC(C)(C)OC(=O)NCC(=O)N1CCCN(C(=O)c2cccc(F)c2)CC1. The number of halogens is 1. The molecule has 7 nitrogen and oxygen atoms in total. The quantitative estimate of drug-likeness (QED) is 0.872. The number of carbonyl (C=O) groups is 3. The summed E-state index contributed by atoms with van der Waals surface area (Å²) in [7, 11) is 0. The van der Waals surface area contributed by atoms with Crippen LogP contribution in [0.15, 0.2) is 24.3 Å². The molecular formula is C19H26FN3O4. The van der Waals surface area contributed by atoms with Crippen molar-refractivity contribution in [2.24, 2.45) is 0 Å². The van der Waals surface area contributed by atoms with Gasteiger partial charge in [-0.3, -0.25) is 9.59 Å². The summed E-state index contributed by atoms with van der Waals surface area (Å²) in [4.78, 5) is 39.7. The van der Waals surface area contributed by atoms with E-state index < -0.39 is 17.5 Å². The highest BCUT2D eigenvalue weighted by atomic mass is 19.1. The standard InChI is InChI=1S/C19H26FN3O4/c1-19(2,3)27-18(26)21-13-16(24)22-8-5-9-23(11-10-22)17(25)14-6-4-7-15(20)12-14/h4,6-7,12H,5,8-11,13H2,1-3H3,(H,21,26). The summed E-state index contributed by atoms with van der Waals surface area (Å²) >= 11 is 0. The first-order chi connectivity index (χ1) is 12.7. The van der Waals surface area contributed by atoms with Crippen molar-refractivity contribution in [3.63, 3.8) is 0 Å². The number of hydrogen-bond donors (Lipinski definition) is 1. The molecule has 3 amide bonds. The molecule has 148 valence electrons. The number of ether oxygens (including phenoxy) is 1. The molecule has 8 heteroatoms. The van der Waals surface area contributed by atoms with E-state index in [4.69, 9.17) is 4.74 Å². The van der Waals surface area contributed by atoms with Crippen LogP contribution in [0.3, 0.4) is 0 Å². The summed E-state index contributed by atoms with van der Waals surface area (Å²) in [5.74, 6) is -0.947. The fourth-order valence-electron chi connectivity index (χ4n) is 2.75. The number of carbonyl (C=O) groups excluding carboxylic acids is 3. The first-order valence-corrected chi connectivity index (χ1v) is 8.95. The van der Waals surface area contributed by atoms with Crippen LogP contribution in [0.2, 0.25) is 0 Å². The van der Waals surface area contributed by atoms with Gasteiger partial charge in [0.1, 0.15) is 18.0 Å². The van der Waals surface area contributed by atoms with E-state index in [-0.39, 0.29) is 18.4 Å². The Morgan fingerprint density at radius 1 is 1.11 bits per heavy atom. The number of alkyl carbamates (subject to hydrolysis) is 1. The van der Waals surface area contributed by atoms with Crippen LogP contribution in [-0.2, 0) is 9.53 Å². The fourth-order valence-corrected chi connectivity index (χ4v) is 2.75. The van der Waals surface area contributed by atoms with E-state index in [2.05, 4.69) is 5.32 Å². The Bertz CT molecular complexity index is 702. The molecule has 0 atom stereocenters. The second-order valence-electron chi connectivity index (χ2n) is 7.39. The number of amides is 3. The van der Waals surface area contributed by atoms with E-state index in [0.29, 0.717) is 38.2 Å². The molecule has 1 aliphatic heterocycles. The first-order valence-electron chi connectivity index (χ1n) is 8.95. The third-order valence-electron chi connectivity index (χ3n) is 3.99. The van der Waals surface area contributed by atoms with Crippen molar-refractivity contribution >= 4 is 17.9 Å². The van der Waals surface area contributed by atoms with Crippen molar-refractivity contribution in [2.45, 2.75) is 32.8 Å². The minimum absolute atomic E-state index is 0.160. The van der Waals surface area contributed by atoms with E-state index >= 15 is 0 Å². The predicted molar refractivity (Wildman–Crippen MR) is 97.7 cm³/mol. The summed E-state index contributed by atoms with van der Waals surface area (Å²) < 4.78 is 18.4. The van der Waals surface area contributed by atoms with E-state index in [1.165, 1.54) is 18.2 Å². The molecule has 1 aliphatic rings. The molecule has 1 aromatic rings. The van der Waals surface area contributed by atoms with Gasteiger partial charge >= 0.3 is 6.09 Å². The van der Waals surface area contributed by atoms with E-state index in [1.807, 2.05) is 0 Å². The Kier molecular flexibility index (Phi) is 6.76. The molecule has 1 fully saturated rings.